The highest BCUT2D eigenvalue weighted by molar-refractivity contribution is 5.92. The molecule has 1 amide bonds. The van der Waals surface area contributed by atoms with Crippen LogP contribution in [-0.4, -0.2) is 37.6 Å². The molecule has 1 unspecified atom stereocenters. The van der Waals surface area contributed by atoms with Gasteiger partial charge in [-0.25, -0.2) is 4.98 Å². The van der Waals surface area contributed by atoms with E-state index in [1.165, 1.54) is 0 Å². The van der Waals surface area contributed by atoms with E-state index in [9.17, 15) is 4.79 Å². The third kappa shape index (κ3) is 6.98. The molecule has 1 heterocycles. The molecule has 1 atom stereocenters. The summed E-state index contributed by atoms with van der Waals surface area (Å²) >= 11 is 0. The molecule has 5 nitrogen and oxygen atoms in total. The van der Waals surface area contributed by atoms with E-state index in [0.29, 0.717) is 6.54 Å². The molecule has 0 fully saturated rings. The van der Waals surface area contributed by atoms with Crippen LogP contribution in [0.1, 0.15) is 20.8 Å². The number of nitrogens with zero attached hydrogens (tertiary/aromatic N) is 2. The van der Waals surface area contributed by atoms with Crippen LogP contribution in [0.4, 0.5) is 11.5 Å². The van der Waals surface area contributed by atoms with Crippen molar-refractivity contribution < 1.29 is 4.79 Å². The topological polar surface area (TPSA) is 57.3 Å². The summed E-state index contributed by atoms with van der Waals surface area (Å²) in [7, 11) is 1.84. The number of rotatable bonds is 7. The van der Waals surface area contributed by atoms with E-state index >= 15 is 0 Å². The van der Waals surface area contributed by atoms with Crippen LogP contribution in [0.5, 0.6) is 0 Å². The average Bonchev–Trinajstić information content (AvgIpc) is 2.42. The minimum absolute atomic E-state index is 0. The second-order valence-electron chi connectivity index (χ2n) is 4.53. The Morgan fingerprint density at radius 1 is 1.29 bits per heavy atom. The molecule has 21 heavy (non-hydrogen) atoms. The molecule has 7 heteroatoms. The Balaban J connectivity index is 0. The van der Waals surface area contributed by atoms with E-state index in [2.05, 4.69) is 34.4 Å². The zero-order chi connectivity index (χ0) is 14.3. The zero-order valence-corrected chi connectivity index (χ0v) is 14.7. The maximum absolute atomic E-state index is 11.8. The lowest BCUT2D eigenvalue weighted by Gasteiger charge is -2.19. The predicted octanol–water partition coefficient (Wildman–Crippen LogP) is 2.57. The lowest BCUT2D eigenvalue weighted by Crippen LogP contribution is -2.28. The largest absolute Gasteiger partial charge is 0.357 e. The standard InChI is InChI=1S/C14H24N4O.2ClH/c1-5-18(6-2)13-8-7-12(10-16-13)17-14(19)11(3)9-15-4;;/h7-8,10-11,15H,5-6,9H2,1-4H3,(H,17,19);2*1H. The van der Waals surface area contributed by atoms with Gasteiger partial charge in [0.2, 0.25) is 5.91 Å². The highest BCUT2D eigenvalue weighted by Crippen LogP contribution is 2.14. The van der Waals surface area contributed by atoms with E-state index in [1.807, 2.05) is 26.1 Å². The summed E-state index contributed by atoms with van der Waals surface area (Å²) in [6.45, 7) is 8.60. The maximum Gasteiger partial charge on any atom is 0.228 e. The van der Waals surface area contributed by atoms with Crippen molar-refractivity contribution in [3.63, 3.8) is 0 Å². The third-order valence-electron chi connectivity index (χ3n) is 3.06. The van der Waals surface area contributed by atoms with Crippen LogP contribution in [0.25, 0.3) is 0 Å². The van der Waals surface area contributed by atoms with Crippen LogP contribution in [0, 0.1) is 5.92 Å². The molecule has 0 aliphatic heterocycles. The predicted molar refractivity (Wildman–Crippen MR) is 94.0 cm³/mol. The maximum atomic E-state index is 11.8. The summed E-state index contributed by atoms with van der Waals surface area (Å²) in [5.41, 5.74) is 0.740. The molecule has 0 saturated heterocycles. The highest BCUT2D eigenvalue weighted by Gasteiger charge is 2.12. The van der Waals surface area contributed by atoms with Crippen molar-refractivity contribution >= 4 is 42.2 Å². The normalized spacial score (nSPS) is 10.9. The number of aromatic nitrogens is 1. The van der Waals surface area contributed by atoms with E-state index in [4.69, 9.17) is 0 Å². The molecule has 1 aromatic rings. The van der Waals surface area contributed by atoms with Crippen LogP contribution in [0.15, 0.2) is 18.3 Å². The smallest absolute Gasteiger partial charge is 0.228 e. The monoisotopic (exact) mass is 336 g/mol. The van der Waals surface area contributed by atoms with Gasteiger partial charge >= 0.3 is 0 Å². The molecule has 0 aromatic carbocycles. The fourth-order valence-electron chi connectivity index (χ4n) is 1.86. The molecule has 0 saturated carbocycles. The Morgan fingerprint density at radius 2 is 1.90 bits per heavy atom. The van der Waals surface area contributed by atoms with Gasteiger partial charge in [-0.05, 0) is 33.0 Å². The molecule has 122 valence electrons. The van der Waals surface area contributed by atoms with Gasteiger partial charge in [-0.15, -0.1) is 24.8 Å². The second kappa shape index (κ2) is 11.6. The van der Waals surface area contributed by atoms with Crippen molar-refractivity contribution in [3.05, 3.63) is 18.3 Å². The molecule has 1 aromatic heterocycles. The molecule has 0 aliphatic carbocycles. The number of carbonyl (C=O) groups excluding carboxylic acids is 1. The second-order valence-corrected chi connectivity index (χ2v) is 4.53. The van der Waals surface area contributed by atoms with Crippen LogP contribution in [0.2, 0.25) is 0 Å². The fraction of sp³-hybridized carbons (Fsp3) is 0.571. The summed E-state index contributed by atoms with van der Waals surface area (Å²) < 4.78 is 0. The van der Waals surface area contributed by atoms with Crippen LogP contribution in [-0.2, 0) is 4.79 Å². The molecular weight excluding hydrogens is 311 g/mol. The number of hydrogen-bond donors (Lipinski definition) is 2. The summed E-state index contributed by atoms with van der Waals surface area (Å²) in [6.07, 6.45) is 1.71. The van der Waals surface area contributed by atoms with Crippen molar-refractivity contribution in [3.8, 4) is 0 Å². The number of anilines is 2. The van der Waals surface area contributed by atoms with E-state index in [0.717, 1.165) is 24.6 Å². The number of pyridine rings is 1. The Morgan fingerprint density at radius 3 is 2.33 bits per heavy atom. The molecule has 0 radical (unpaired) electrons. The molecule has 1 rings (SSSR count). The van der Waals surface area contributed by atoms with Gasteiger partial charge in [0.05, 0.1) is 11.9 Å². The Hall–Kier alpha value is -1.04. The molecule has 2 N–H and O–H groups in total. The van der Waals surface area contributed by atoms with Gasteiger partial charge < -0.3 is 15.5 Å². The Bertz CT molecular complexity index is 396. The summed E-state index contributed by atoms with van der Waals surface area (Å²) in [6, 6.07) is 3.83. The molecular formula is C14H26Cl2N4O. The lowest BCUT2D eigenvalue weighted by molar-refractivity contribution is -0.119. The van der Waals surface area contributed by atoms with Crippen LogP contribution in [0.3, 0.4) is 0 Å². The van der Waals surface area contributed by atoms with E-state index in [1.54, 1.807) is 6.20 Å². The lowest BCUT2D eigenvalue weighted by atomic mass is 10.1. The first kappa shape index (κ1) is 22.2. The van der Waals surface area contributed by atoms with Gasteiger partial charge in [-0.1, -0.05) is 6.92 Å². The average molecular weight is 337 g/mol. The van der Waals surface area contributed by atoms with E-state index in [-0.39, 0.29) is 36.6 Å². The fourth-order valence-corrected chi connectivity index (χ4v) is 1.86. The van der Waals surface area contributed by atoms with Gasteiger partial charge in [0, 0.05) is 25.6 Å². The van der Waals surface area contributed by atoms with Crippen LogP contribution < -0.4 is 15.5 Å². The van der Waals surface area contributed by atoms with Gasteiger partial charge in [0.1, 0.15) is 5.82 Å². The summed E-state index contributed by atoms with van der Waals surface area (Å²) in [5.74, 6) is 0.880. The quantitative estimate of drug-likeness (QED) is 0.803. The Kier molecular flexibility index (Phi) is 12.3. The van der Waals surface area contributed by atoms with E-state index < -0.39 is 0 Å². The summed E-state index contributed by atoms with van der Waals surface area (Å²) in [4.78, 5) is 18.4. The van der Waals surface area contributed by atoms with Gasteiger partial charge in [-0.2, -0.15) is 0 Å². The minimum atomic E-state index is -0.0625. The van der Waals surface area contributed by atoms with Gasteiger partial charge in [-0.3, -0.25) is 4.79 Å². The van der Waals surface area contributed by atoms with Gasteiger partial charge in [0.25, 0.3) is 0 Å². The van der Waals surface area contributed by atoms with Crippen molar-refractivity contribution in [2.75, 3.05) is 36.9 Å². The van der Waals surface area contributed by atoms with Crippen molar-refractivity contribution in [1.82, 2.24) is 10.3 Å². The van der Waals surface area contributed by atoms with Crippen molar-refractivity contribution in [2.45, 2.75) is 20.8 Å². The first-order valence-corrected chi connectivity index (χ1v) is 6.78. The molecule has 0 spiro atoms. The number of carbonyl (C=O) groups is 1. The third-order valence-corrected chi connectivity index (χ3v) is 3.06. The highest BCUT2D eigenvalue weighted by atomic mass is 35.5. The van der Waals surface area contributed by atoms with Crippen LogP contribution >= 0.6 is 24.8 Å². The van der Waals surface area contributed by atoms with Gasteiger partial charge in [0.15, 0.2) is 0 Å². The Labute approximate surface area is 139 Å². The SMILES string of the molecule is CCN(CC)c1ccc(NC(=O)C(C)CNC)cn1.Cl.Cl. The number of amides is 1. The summed E-state index contributed by atoms with van der Waals surface area (Å²) in [5, 5.41) is 5.86. The number of nitrogens with one attached hydrogen (secondary N) is 2. The molecule has 0 aliphatic rings. The van der Waals surface area contributed by atoms with Crippen molar-refractivity contribution in [2.24, 2.45) is 5.92 Å². The van der Waals surface area contributed by atoms with Crippen molar-refractivity contribution in [1.29, 1.82) is 0 Å². The number of hydrogen-bond acceptors (Lipinski definition) is 4. The number of halogens is 2. The molecule has 0 bridgehead atoms. The first-order chi connectivity index (χ1) is 9.12. The first-order valence-electron chi connectivity index (χ1n) is 6.78. The zero-order valence-electron chi connectivity index (χ0n) is 13.0. The minimum Gasteiger partial charge on any atom is -0.357 e.